The summed E-state index contributed by atoms with van der Waals surface area (Å²) in [6.07, 6.45) is 0. The Bertz CT molecular complexity index is 2920. The number of benzene rings is 10. The van der Waals surface area contributed by atoms with Crippen LogP contribution in [0.25, 0.3) is 98.7 Å². The summed E-state index contributed by atoms with van der Waals surface area (Å²) < 4.78 is 0. The van der Waals surface area contributed by atoms with E-state index in [1.807, 2.05) is 0 Å². The number of rotatable bonds is 5. The Hall–Kier alpha value is -6.76. The normalized spacial score (nSPS) is 11.5. The van der Waals surface area contributed by atoms with Crippen molar-refractivity contribution in [2.75, 3.05) is 0 Å². The van der Waals surface area contributed by atoms with Crippen LogP contribution in [-0.4, -0.2) is 0 Å². The monoisotopic (exact) mass is 658 g/mol. The lowest BCUT2D eigenvalue weighted by Gasteiger charge is -2.21. The molecule has 0 amide bonds. The minimum absolute atomic E-state index is 1.21. The van der Waals surface area contributed by atoms with Crippen molar-refractivity contribution in [1.29, 1.82) is 0 Å². The van der Waals surface area contributed by atoms with Crippen LogP contribution in [0.2, 0.25) is 0 Å². The van der Waals surface area contributed by atoms with Crippen LogP contribution in [0.3, 0.4) is 0 Å². The van der Waals surface area contributed by atoms with Crippen LogP contribution in [0, 0.1) is 0 Å². The van der Waals surface area contributed by atoms with Crippen LogP contribution in [0.5, 0.6) is 0 Å². The Labute approximate surface area is 303 Å². The van der Waals surface area contributed by atoms with Crippen LogP contribution >= 0.6 is 0 Å². The topological polar surface area (TPSA) is 0 Å². The van der Waals surface area contributed by atoms with Crippen molar-refractivity contribution in [3.63, 3.8) is 0 Å². The van der Waals surface area contributed by atoms with Crippen molar-refractivity contribution < 1.29 is 0 Å². The molecule has 0 atom stereocenters. The molecule has 242 valence electrons. The zero-order chi connectivity index (χ0) is 34.4. The highest BCUT2D eigenvalue weighted by Crippen LogP contribution is 2.47. The van der Waals surface area contributed by atoms with E-state index in [1.54, 1.807) is 0 Å². The van der Waals surface area contributed by atoms with Gasteiger partial charge in [-0.25, -0.2) is 0 Å². The molecular weight excluding hydrogens is 625 g/mol. The first-order valence-electron chi connectivity index (χ1n) is 18.0. The number of hydrogen-bond acceptors (Lipinski definition) is 0. The molecule has 52 heavy (non-hydrogen) atoms. The van der Waals surface area contributed by atoms with Gasteiger partial charge in [-0.1, -0.05) is 182 Å². The van der Waals surface area contributed by atoms with E-state index in [9.17, 15) is 0 Å². The predicted molar refractivity (Wildman–Crippen MR) is 224 cm³/mol. The summed E-state index contributed by atoms with van der Waals surface area (Å²) >= 11 is 0. The fourth-order valence-corrected chi connectivity index (χ4v) is 8.20. The van der Waals surface area contributed by atoms with Gasteiger partial charge in [0.15, 0.2) is 0 Å². The average Bonchev–Trinajstić information content (AvgIpc) is 3.23. The van der Waals surface area contributed by atoms with E-state index in [0.29, 0.717) is 0 Å². The van der Waals surface area contributed by atoms with Crippen molar-refractivity contribution in [3.05, 3.63) is 206 Å². The second-order valence-corrected chi connectivity index (χ2v) is 13.6. The predicted octanol–water partition coefficient (Wildman–Crippen LogP) is 14.6. The third-order valence-electron chi connectivity index (χ3n) is 10.6. The summed E-state index contributed by atoms with van der Waals surface area (Å²) in [6.45, 7) is 0. The SMILES string of the molecule is c1ccc(-c2cc3ccccc3cc2-c2ccc3c(c2)c(-c2ccccc2)c(-c2ccccc2)c2cc(-c4cccc5ccccc45)ccc23)cc1. The maximum absolute atomic E-state index is 2.44. The standard InChI is InChI=1S/C52H34/c1-4-15-36(16-5-1)47-31-39-22-10-11-23-40(39)32-48(47)42-28-30-46-45-29-27-41(44-26-14-24-35-17-12-13-25-43(35)44)33-49(45)51(37-18-6-2-7-19-37)52(50(46)34-42)38-20-8-3-9-21-38/h1-34H. The van der Waals surface area contributed by atoms with Gasteiger partial charge in [-0.2, -0.15) is 0 Å². The van der Waals surface area contributed by atoms with Crippen molar-refractivity contribution in [3.8, 4) is 55.6 Å². The Kier molecular flexibility index (Phi) is 7.25. The van der Waals surface area contributed by atoms with E-state index in [-0.39, 0.29) is 0 Å². The van der Waals surface area contributed by atoms with Gasteiger partial charge in [-0.15, -0.1) is 0 Å². The second-order valence-electron chi connectivity index (χ2n) is 13.6. The van der Waals surface area contributed by atoms with Crippen LogP contribution in [0.15, 0.2) is 206 Å². The second kappa shape index (κ2) is 12.5. The molecule has 0 fully saturated rings. The first-order valence-corrected chi connectivity index (χ1v) is 18.0. The van der Waals surface area contributed by atoms with Crippen LogP contribution in [0.1, 0.15) is 0 Å². The fourth-order valence-electron chi connectivity index (χ4n) is 8.20. The Morgan fingerprint density at radius 2 is 0.615 bits per heavy atom. The average molecular weight is 659 g/mol. The molecule has 10 rings (SSSR count). The summed E-state index contributed by atoms with van der Waals surface area (Å²) in [5, 5.41) is 10.0. The van der Waals surface area contributed by atoms with Crippen LogP contribution in [0.4, 0.5) is 0 Å². The van der Waals surface area contributed by atoms with Crippen LogP contribution < -0.4 is 0 Å². The molecule has 0 heteroatoms. The van der Waals surface area contributed by atoms with Crippen molar-refractivity contribution >= 4 is 43.1 Å². The highest BCUT2D eigenvalue weighted by Gasteiger charge is 2.20. The molecule has 0 nitrogen and oxygen atoms in total. The summed E-state index contributed by atoms with van der Waals surface area (Å²) in [4.78, 5) is 0. The van der Waals surface area contributed by atoms with Gasteiger partial charge in [-0.3, -0.25) is 0 Å². The molecule has 0 N–H and O–H groups in total. The fraction of sp³-hybridized carbons (Fsp3) is 0. The van der Waals surface area contributed by atoms with E-state index < -0.39 is 0 Å². The highest BCUT2D eigenvalue weighted by molar-refractivity contribution is 6.23. The summed E-state index contributed by atoms with van der Waals surface area (Å²) in [5.74, 6) is 0. The van der Waals surface area contributed by atoms with E-state index in [2.05, 4.69) is 206 Å². The van der Waals surface area contributed by atoms with Gasteiger partial charge in [0.05, 0.1) is 0 Å². The van der Waals surface area contributed by atoms with Gasteiger partial charge in [-0.05, 0) is 123 Å². The molecule has 0 aliphatic rings. The zero-order valence-electron chi connectivity index (χ0n) is 28.6. The number of hydrogen-bond donors (Lipinski definition) is 0. The van der Waals surface area contributed by atoms with Gasteiger partial charge in [0.1, 0.15) is 0 Å². The van der Waals surface area contributed by atoms with Gasteiger partial charge in [0.25, 0.3) is 0 Å². The molecule has 0 bridgehead atoms. The van der Waals surface area contributed by atoms with Crippen molar-refractivity contribution in [1.82, 2.24) is 0 Å². The molecule has 10 aromatic rings. The maximum atomic E-state index is 2.44. The smallest absolute Gasteiger partial charge is 0.00201 e. The third-order valence-corrected chi connectivity index (χ3v) is 10.6. The zero-order valence-corrected chi connectivity index (χ0v) is 28.6. The van der Waals surface area contributed by atoms with Crippen molar-refractivity contribution in [2.24, 2.45) is 0 Å². The first kappa shape index (κ1) is 30.1. The highest BCUT2D eigenvalue weighted by atomic mass is 14.2. The van der Waals surface area contributed by atoms with E-state index in [1.165, 1.54) is 98.7 Å². The quantitative estimate of drug-likeness (QED) is 0.161. The maximum Gasteiger partial charge on any atom is -0.00201 e. The molecule has 0 radical (unpaired) electrons. The third kappa shape index (κ3) is 5.08. The molecule has 0 spiro atoms. The molecule has 0 heterocycles. The minimum Gasteiger partial charge on any atom is -0.0622 e. The molecule has 0 saturated heterocycles. The van der Waals surface area contributed by atoms with E-state index >= 15 is 0 Å². The lowest BCUT2D eigenvalue weighted by molar-refractivity contribution is 1.61. The van der Waals surface area contributed by atoms with Crippen LogP contribution in [-0.2, 0) is 0 Å². The molecule has 0 aromatic heterocycles. The van der Waals surface area contributed by atoms with Gasteiger partial charge in [0, 0.05) is 0 Å². The van der Waals surface area contributed by atoms with E-state index in [0.717, 1.165) is 0 Å². The Morgan fingerprint density at radius 1 is 0.192 bits per heavy atom. The van der Waals surface area contributed by atoms with E-state index in [4.69, 9.17) is 0 Å². The summed E-state index contributed by atoms with van der Waals surface area (Å²) in [5.41, 5.74) is 12.3. The molecule has 0 saturated carbocycles. The first-order chi connectivity index (χ1) is 25.8. The number of fused-ring (bicyclic) bond motifs is 5. The molecule has 0 aliphatic carbocycles. The molecule has 10 aromatic carbocycles. The van der Waals surface area contributed by atoms with Gasteiger partial charge < -0.3 is 0 Å². The lowest BCUT2D eigenvalue weighted by Crippen LogP contribution is -1.94. The minimum atomic E-state index is 1.21. The van der Waals surface area contributed by atoms with Crippen molar-refractivity contribution in [2.45, 2.75) is 0 Å². The molecule has 0 unspecified atom stereocenters. The largest absolute Gasteiger partial charge is 0.0622 e. The summed E-state index contributed by atoms with van der Waals surface area (Å²) in [6, 6.07) is 75.7. The Balaban J connectivity index is 1.32. The van der Waals surface area contributed by atoms with Gasteiger partial charge in [0.2, 0.25) is 0 Å². The summed E-state index contributed by atoms with van der Waals surface area (Å²) in [7, 11) is 0. The molecular formula is C52H34. The Morgan fingerprint density at radius 3 is 1.17 bits per heavy atom. The van der Waals surface area contributed by atoms with Gasteiger partial charge >= 0.3 is 0 Å². The molecule has 0 aliphatic heterocycles. The lowest BCUT2D eigenvalue weighted by atomic mass is 9.82.